The molecule has 0 spiro atoms. The molecule has 3 rings (SSSR count). The zero-order valence-corrected chi connectivity index (χ0v) is 14.7. The first-order chi connectivity index (χ1) is 12.5. The van der Waals surface area contributed by atoms with E-state index >= 15 is 0 Å². The van der Waals surface area contributed by atoms with E-state index in [1.54, 1.807) is 16.9 Å². The van der Waals surface area contributed by atoms with Gasteiger partial charge in [-0.1, -0.05) is 0 Å². The van der Waals surface area contributed by atoms with Crippen molar-refractivity contribution in [3.8, 4) is 0 Å². The fourth-order valence-corrected chi connectivity index (χ4v) is 3.52. The topological polar surface area (TPSA) is 59.0 Å². The molecule has 0 aliphatic carbocycles. The number of alkyl halides is 2. The third kappa shape index (κ3) is 4.79. The molecule has 1 atom stereocenters. The first-order valence-corrected chi connectivity index (χ1v) is 9.29. The molecule has 26 heavy (non-hydrogen) atoms. The fraction of sp³-hybridized carbons (Fsp3) is 0.412. The molecule has 5 nitrogen and oxygen atoms in total. The number of thioether (sulfide) groups is 1. The Morgan fingerprint density at radius 1 is 1.42 bits per heavy atom. The van der Waals surface area contributed by atoms with E-state index in [9.17, 15) is 18.0 Å². The van der Waals surface area contributed by atoms with Gasteiger partial charge in [-0.15, -0.1) is 11.8 Å². The highest BCUT2D eigenvalue weighted by Crippen LogP contribution is 2.29. The number of hydrogen-bond acceptors (Lipinski definition) is 4. The molecule has 1 fully saturated rings. The van der Waals surface area contributed by atoms with Crippen molar-refractivity contribution in [2.24, 2.45) is 0 Å². The van der Waals surface area contributed by atoms with Crippen molar-refractivity contribution in [3.63, 3.8) is 0 Å². The van der Waals surface area contributed by atoms with Gasteiger partial charge in [0.05, 0.1) is 17.5 Å². The second-order valence-electron chi connectivity index (χ2n) is 5.98. The molecule has 1 saturated heterocycles. The molecule has 1 aliphatic heterocycles. The first kappa shape index (κ1) is 18.8. The van der Waals surface area contributed by atoms with Crippen molar-refractivity contribution >= 4 is 23.4 Å². The van der Waals surface area contributed by atoms with Crippen LogP contribution in [0.15, 0.2) is 35.4 Å². The Labute approximate surface area is 153 Å². The van der Waals surface area contributed by atoms with E-state index < -0.39 is 23.9 Å². The van der Waals surface area contributed by atoms with Gasteiger partial charge in [-0.2, -0.15) is 5.10 Å². The molecule has 1 aliphatic rings. The number of benzene rings is 1. The number of nitrogens with one attached hydrogen (secondary N) is 2. The molecule has 1 unspecified atom stereocenters. The number of rotatable bonds is 6. The fourth-order valence-electron chi connectivity index (χ4n) is 2.79. The van der Waals surface area contributed by atoms with E-state index in [0.717, 1.165) is 43.8 Å². The summed E-state index contributed by atoms with van der Waals surface area (Å²) < 4.78 is 40.1. The molecule has 9 heteroatoms. The minimum Gasteiger partial charge on any atom is -0.319 e. The van der Waals surface area contributed by atoms with Gasteiger partial charge in [0.1, 0.15) is 5.82 Å². The van der Waals surface area contributed by atoms with Crippen LogP contribution in [0, 0.1) is 5.82 Å². The Morgan fingerprint density at radius 3 is 3.00 bits per heavy atom. The number of hydrogen-bond donors (Lipinski definition) is 2. The number of anilines is 1. The van der Waals surface area contributed by atoms with Crippen LogP contribution in [0.2, 0.25) is 0 Å². The lowest BCUT2D eigenvalue weighted by molar-refractivity contribution is 0.102. The van der Waals surface area contributed by atoms with Gasteiger partial charge in [0, 0.05) is 17.6 Å². The summed E-state index contributed by atoms with van der Waals surface area (Å²) in [6.07, 6.45) is 1.27. The van der Waals surface area contributed by atoms with E-state index in [4.69, 9.17) is 0 Å². The third-order valence-corrected chi connectivity index (χ3v) is 5.13. The van der Waals surface area contributed by atoms with Gasteiger partial charge in [0.2, 0.25) is 6.43 Å². The molecular formula is C17H19F3N4OS. The van der Waals surface area contributed by atoms with Crippen molar-refractivity contribution in [1.29, 1.82) is 0 Å². The molecule has 2 aromatic rings. The summed E-state index contributed by atoms with van der Waals surface area (Å²) >= 11 is 0.864. The number of amides is 1. The first-order valence-electron chi connectivity index (χ1n) is 8.30. The second kappa shape index (κ2) is 8.59. The van der Waals surface area contributed by atoms with Gasteiger partial charge in [0.15, 0.2) is 5.69 Å². The highest BCUT2D eigenvalue weighted by Gasteiger charge is 2.19. The number of aromatic nitrogens is 2. The maximum Gasteiger partial charge on any atom is 0.276 e. The SMILES string of the molecule is O=C(Nc1cc(F)ccc1SCC(F)F)c1ccn(C2CCCNC2)n1. The minimum absolute atomic E-state index is 0.162. The lowest BCUT2D eigenvalue weighted by atomic mass is 10.1. The highest BCUT2D eigenvalue weighted by molar-refractivity contribution is 7.99. The van der Waals surface area contributed by atoms with Gasteiger partial charge >= 0.3 is 0 Å². The Hall–Kier alpha value is -2.00. The van der Waals surface area contributed by atoms with Crippen LogP contribution in [-0.4, -0.2) is 41.0 Å². The maximum atomic E-state index is 13.5. The van der Waals surface area contributed by atoms with E-state index in [-0.39, 0.29) is 17.4 Å². The van der Waals surface area contributed by atoms with Gasteiger partial charge in [-0.3, -0.25) is 9.48 Å². The van der Waals surface area contributed by atoms with Crippen molar-refractivity contribution in [2.45, 2.75) is 30.2 Å². The Bertz CT molecular complexity index is 762. The molecule has 1 aromatic carbocycles. The molecule has 140 valence electrons. The van der Waals surface area contributed by atoms with Gasteiger partial charge in [-0.05, 0) is 43.7 Å². The molecule has 1 aromatic heterocycles. The largest absolute Gasteiger partial charge is 0.319 e. The summed E-state index contributed by atoms with van der Waals surface area (Å²) in [4.78, 5) is 12.8. The van der Waals surface area contributed by atoms with E-state index in [1.165, 1.54) is 12.1 Å². The molecule has 0 bridgehead atoms. The average Bonchev–Trinajstić information content (AvgIpc) is 3.12. The van der Waals surface area contributed by atoms with Crippen molar-refractivity contribution in [2.75, 3.05) is 24.2 Å². The van der Waals surface area contributed by atoms with Crippen LogP contribution in [0.3, 0.4) is 0 Å². The number of piperidine rings is 1. The van der Waals surface area contributed by atoms with Crippen molar-refractivity contribution in [1.82, 2.24) is 15.1 Å². The molecule has 0 radical (unpaired) electrons. The lowest BCUT2D eigenvalue weighted by Crippen LogP contribution is -2.32. The van der Waals surface area contributed by atoms with Gasteiger partial charge < -0.3 is 10.6 Å². The second-order valence-corrected chi connectivity index (χ2v) is 7.04. The van der Waals surface area contributed by atoms with Gasteiger partial charge in [0.25, 0.3) is 5.91 Å². The van der Waals surface area contributed by atoms with Crippen LogP contribution in [0.25, 0.3) is 0 Å². The van der Waals surface area contributed by atoms with Gasteiger partial charge in [-0.25, -0.2) is 13.2 Å². The molecular weight excluding hydrogens is 365 g/mol. The summed E-state index contributed by atoms with van der Waals surface area (Å²) in [6, 6.07) is 5.46. The van der Waals surface area contributed by atoms with Crippen molar-refractivity contribution < 1.29 is 18.0 Å². The summed E-state index contributed by atoms with van der Waals surface area (Å²) in [6.45, 7) is 1.77. The number of carbonyl (C=O) groups is 1. The number of halogens is 3. The van der Waals surface area contributed by atoms with Crippen LogP contribution >= 0.6 is 11.8 Å². The predicted molar refractivity (Wildman–Crippen MR) is 94.4 cm³/mol. The average molecular weight is 384 g/mol. The van der Waals surface area contributed by atoms with Crippen LogP contribution < -0.4 is 10.6 Å². The maximum absolute atomic E-state index is 13.5. The molecule has 0 saturated carbocycles. The smallest absolute Gasteiger partial charge is 0.276 e. The summed E-state index contributed by atoms with van der Waals surface area (Å²) in [5.41, 5.74) is 0.360. The summed E-state index contributed by atoms with van der Waals surface area (Å²) in [5.74, 6) is -1.49. The third-order valence-electron chi connectivity index (χ3n) is 4.04. The Balaban J connectivity index is 1.71. The monoisotopic (exact) mass is 384 g/mol. The summed E-state index contributed by atoms with van der Waals surface area (Å²) in [5, 5.41) is 10.2. The quantitative estimate of drug-likeness (QED) is 0.748. The zero-order chi connectivity index (χ0) is 18.5. The number of carbonyl (C=O) groups excluding carboxylic acids is 1. The Kier molecular flexibility index (Phi) is 6.20. The van der Waals surface area contributed by atoms with Crippen LogP contribution in [-0.2, 0) is 0 Å². The zero-order valence-electron chi connectivity index (χ0n) is 13.9. The number of nitrogens with zero attached hydrogens (tertiary/aromatic N) is 2. The Morgan fingerprint density at radius 2 is 2.27 bits per heavy atom. The predicted octanol–water partition coefficient (Wildman–Crippen LogP) is 3.56. The molecule has 1 amide bonds. The van der Waals surface area contributed by atoms with Crippen LogP contribution in [0.4, 0.5) is 18.9 Å². The van der Waals surface area contributed by atoms with Crippen LogP contribution in [0.1, 0.15) is 29.4 Å². The van der Waals surface area contributed by atoms with E-state index in [0.29, 0.717) is 4.90 Å². The summed E-state index contributed by atoms with van der Waals surface area (Å²) in [7, 11) is 0. The molecule has 2 heterocycles. The standard InChI is InChI=1S/C17H19F3N4OS/c18-11-3-4-15(26-10-16(19)20)14(8-11)22-17(25)13-5-7-24(23-13)12-2-1-6-21-9-12/h3-5,7-8,12,16,21H,1-2,6,9-10H2,(H,22,25). The highest BCUT2D eigenvalue weighted by atomic mass is 32.2. The molecule has 2 N–H and O–H groups in total. The minimum atomic E-state index is -2.49. The normalized spacial score (nSPS) is 17.5. The van der Waals surface area contributed by atoms with Crippen LogP contribution in [0.5, 0.6) is 0 Å². The van der Waals surface area contributed by atoms with Crippen molar-refractivity contribution in [3.05, 3.63) is 42.0 Å². The van der Waals surface area contributed by atoms with E-state index in [2.05, 4.69) is 15.7 Å². The lowest BCUT2D eigenvalue weighted by Gasteiger charge is -2.22. The van der Waals surface area contributed by atoms with E-state index in [1.807, 2.05) is 0 Å².